The van der Waals surface area contributed by atoms with Gasteiger partial charge in [0.1, 0.15) is 6.61 Å². The van der Waals surface area contributed by atoms with E-state index in [1.54, 1.807) is 5.57 Å². The van der Waals surface area contributed by atoms with Crippen LogP contribution in [0.25, 0.3) is 0 Å². The Hall–Kier alpha value is -1.97. The second kappa shape index (κ2) is 11.1. The molecule has 0 unspecified atom stereocenters. The molecule has 28 heavy (non-hydrogen) atoms. The van der Waals surface area contributed by atoms with Crippen molar-refractivity contribution >= 4 is 11.6 Å². The Morgan fingerprint density at radius 1 is 0.964 bits per heavy atom. The van der Waals surface area contributed by atoms with Crippen LogP contribution >= 0.6 is 11.6 Å². The maximum absolute atomic E-state index is 5.98. The molecule has 0 saturated carbocycles. The van der Waals surface area contributed by atoms with Crippen LogP contribution in [0.3, 0.4) is 0 Å². The highest BCUT2D eigenvalue weighted by Crippen LogP contribution is 2.29. The molecule has 0 saturated heterocycles. The fourth-order valence-electron chi connectivity index (χ4n) is 3.41. The lowest BCUT2D eigenvalue weighted by atomic mass is 9.97. The smallest absolute Gasteiger partial charge is 0.161 e. The van der Waals surface area contributed by atoms with Gasteiger partial charge in [-0.25, -0.2) is 0 Å². The average molecular weight is 400 g/mol. The van der Waals surface area contributed by atoms with Crippen molar-refractivity contribution in [3.63, 3.8) is 0 Å². The van der Waals surface area contributed by atoms with Crippen LogP contribution in [0.15, 0.2) is 54.1 Å². The molecule has 0 aromatic heterocycles. The molecule has 0 heterocycles. The van der Waals surface area contributed by atoms with Gasteiger partial charge in [-0.1, -0.05) is 41.4 Å². The molecule has 2 aromatic carbocycles. The summed E-state index contributed by atoms with van der Waals surface area (Å²) in [6.45, 7) is 4.95. The molecule has 0 atom stereocenters. The summed E-state index contributed by atoms with van der Waals surface area (Å²) in [5.74, 6) is 1.57. The summed E-state index contributed by atoms with van der Waals surface area (Å²) >= 11 is 5.94. The molecule has 3 rings (SSSR count). The van der Waals surface area contributed by atoms with E-state index < -0.39 is 0 Å². The van der Waals surface area contributed by atoms with E-state index >= 15 is 0 Å². The highest BCUT2D eigenvalue weighted by atomic mass is 35.5. The van der Waals surface area contributed by atoms with Crippen LogP contribution in [0.4, 0.5) is 0 Å². The number of hydrogen-bond donors (Lipinski definition) is 1. The standard InChI is InChI=1S/C24H30ClNO2/c1-2-27-24-16-21(17-26-15-14-19-6-4-3-5-7-19)10-13-23(24)28-18-20-8-11-22(25)12-9-20/h6,8-13,16,26H,2-5,7,14-15,17-18H2,1H3. The van der Waals surface area contributed by atoms with Crippen LogP contribution in [-0.2, 0) is 13.2 Å². The van der Waals surface area contributed by atoms with Crippen molar-refractivity contribution in [3.05, 3.63) is 70.3 Å². The summed E-state index contributed by atoms with van der Waals surface area (Å²) in [6.07, 6.45) is 8.80. The average Bonchev–Trinajstić information content (AvgIpc) is 2.73. The molecule has 0 radical (unpaired) electrons. The van der Waals surface area contributed by atoms with Crippen molar-refractivity contribution in [2.45, 2.75) is 52.2 Å². The van der Waals surface area contributed by atoms with Gasteiger partial charge >= 0.3 is 0 Å². The molecule has 150 valence electrons. The molecular formula is C24H30ClNO2. The number of ether oxygens (including phenoxy) is 2. The van der Waals surface area contributed by atoms with E-state index in [4.69, 9.17) is 21.1 Å². The first-order chi connectivity index (χ1) is 13.7. The first kappa shape index (κ1) is 20.8. The molecule has 4 heteroatoms. The maximum Gasteiger partial charge on any atom is 0.161 e. The predicted molar refractivity (Wildman–Crippen MR) is 116 cm³/mol. The van der Waals surface area contributed by atoms with Gasteiger partial charge in [-0.3, -0.25) is 0 Å². The van der Waals surface area contributed by atoms with Gasteiger partial charge < -0.3 is 14.8 Å². The molecule has 0 aliphatic heterocycles. The van der Waals surface area contributed by atoms with Gasteiger partial charge in [0.15, 0.2) is 11.5 Å². The number of rotatable bonds is 10. The van der Waals surface area contributed by atoms with Crippen LogP contribution in [0.5, 0.6) is 11.5 Å². The van der Waals surface area contributed by atoms with Gasteiger partial charge in [0.2, 0.25) is 0 Å². The van der Waals surface area contributed by atoms with E-state index in [2.05, 4.69) is 23.5 Å². The minimum atomic E-state index is 0.490. The Bertz CT molecular complexity index is 771. The molecule has 1 N–H and O–H groups in total. The second-order valence-corrected chi connectivity index (χ2v) is 7.60. The van der Waals surface area contributed by atoms with Crippen molar-refractivity contribution in [1.82, 2.24) is 5.32 Å². The fraction of sp³-hybridized carbons (Fsp3) is 0.417. The maximum atomic E-state index is 5.98. The first-order valence-electron chi connectivity index (χ1n) is 10.3. The Morgan fingerprint density at radius 2 is 1.79 bits per heavy atom. The lowest BCUT2D eigenvalue weighted by Crippen LogP contribution is -2.15. The number of allylic oxidation sites excluding steroid dienone is 1. The molecule has 1 aliphatic carbocycles. The fourth-order valence-corrected chi connectivity index (χ4v) is 3.53. The predicted octanol–water partition coefficient (Wildman–Crippen LogP) is 6.30. The summed E-state index contributed by atoms with van der Waals surface area (Å²) in [5, 5.41) is 4.28. The second-order valence-electron chi connectivity index (χ2n) is 7.16. The molecule has 1 aliphatic rings. The Morgan fingerprint density at radius 3 is 2.54 bits per heavy atom. The van der Waals surface area contributed by atoms with E-state index in [1.807, 2.05) is 37.3 Å². The largest absolute Gasteiger partial charge is 0.490 e. The topological polar surface area (TPSA) is 30.5 Å². The Balaban J connectivity index is 1.52. The van der Waals surface area contributed by atoms with Crippen molar-refractivity contribution in [1.29, 1.82) is 0 Å². The third-order valence-electron chi connectivity index (χ3n) is 4.95. The summed E-state index contributed by atoms with van der Waals surface area (Å²) < 4.78 is 11.8. The van der Waals surface area contributed by atoms with Crippen LogP contribution in [0.2, 0.25) is 5.02 Å². The minimum Gasteiger partial charge on any atom is -0.490 e. The van der Waals surface area contributed by atoms with E-state index in [0.29, 0.717) is 13.2 Å². The molecule has 0 amide bonds. The molecule has 3 nitrogen and oxygen atoms in total. The summed E-state index contributed by atoms with van der Waals surface area (Å²) in [6, 6.07) is 13.9. The molecule has 0 spiro atoms. The molecular weight excluding hydrogens is 370 g/mol. The van der Waals surface area contributed by atoms with Gasteiger partial charge in [0, 0.05) is 11.6 Å². The minimum absolute atomic E-state index is 0.490. The molecule has 2 aromatic rings. The van der Waals surface area contributed by atoms with Gasteiger partial charge in [-0.05, 0) is 81.0 Å². The Kier molecular flexibility index (Phi) is 8.25. The first-order valence-corrected chi connectivity index (χ1v) is 10.6. The normalized spacial score (nSPS) is 13.9. The van der Waals surface area contributed by atoms with Gasteiger partial charge in [-0.15, -0.1) is 0 Å². The zero-order valence-electron chi connectivity index (χ0n) is 16.7. The SMILES string of the molecule is CCOc1cc(CNCCC2=CCCCC2)ccc1OCc1ccc(Cl)cc1. The highest BCUT2D eigenvalue weighted by Gasteiger charge is 2.08. The van der Waals surface area contributed by atoms with Crippen molar-refractivity contribution in [3.8, 4) is 11.5 Å². The van der Waals surface area contributed by atoms with Crippen LogP contribution in [0, 0.1) is 0 Å². The van der Waals surface area contributed by atoms with Gasteiger partial charge in [-0.2, -0.15) is 0 Å². The summed E-state index contributed by atoms with van der Waals surface area (Å²) in [4.78, 5) is 0. The van der Waals surface area contributed by atoms with Crippen LogP contribution < -0.4 is 14.8 Å². The monoisotopic (exact) mass is 399 g/mol. The van der Waals surface area contributed by atoms with Gasteiger partial charge in [0.25, 0.3) is 0 Å². The zero-order chi connectivity index (χ0) is 19.6. The van der Waals surface area contributed by atoms with Crippen molar-refractivity contribution in [2.24, 2.45) is 0 Å². The molecule has 0 fully saturated rings. The Labute approximate surface area is 173 Å². The quantitative estimate of drug-likeness (QED) is 0.375. The lowest BCUT2D eigenvalue weighted by Gasteiger charge is -2.15. The number of halogens is 1. The van der Waals surface area contributed by atoms with Gasteiger partial charge in [0.05, 0.1) is 6.61 Å². The zero-order valence-corrected chi connectivity index (χ0v) is 17.4. The number of benzene rings is 2. The van der Waals surface area contributed by atoms with Crippen molar-refractivity contribution < 1.29 is 9.47 Å². The van der Waals surface area contributed by atoms with Crippen LogP contribution in [0.1, 0.15) is 50.2 Å². The summed E-state index contributed by atoms with van der Waals surface area (Å²) in [7, 11) is 0. The third-order valence-corrected chi connectivity index (χ3v) is 5.20. The third kappa shape index (κ3) is 6.57. The van der Waals surface area contributed by atoms with E-state index in [9.17, 15) is 0 Å². The van der Waals surface area contributed by atoms with E-state index in [0.717, 1.165) is 41.6 Å². The van der Waals surface area contributed by atoms with Crippen molar-refractivity contribution in [2.75, 3.05) is 13.2 Å². The van der Waals surface area contributed by atoms with Crippen LogP contribution in [-0.4, -0.2) is 13.2 Å². The van der Waals surface area contributed by atoms with E-state index in [1.165, 1.54) is 31.2 Å². The number of nitrogens with one attached hydrogen (secondary N) is 1. The highest BCUT2D eigenvalue weighted by molar-refractivity contribution is 6.30. The van der Waals surface area contributed by atoms with E-state index in [-0.39, 0.29) is 0 Å². The molecule has 0 bridgehead atoms. The number of hydrogen-bond acceptors (Lipinski definition) is 3. The summed E-state index contributed by atoms with van der Waals surface area (Å²) in [5.41, 5.74) is 3.90. The lowest BCUT2D eigenvalue weighted by molar-refractivity contribution is 0.269.